The molecule has 1 fully saturated rings. The molecule has 0 aliphatic heterocycles. The first-order valence-electron chi connectivity index (χ1n) is 7.20. The van der Waals surface area contributed by atoms with Gasteiger partial charge >= 0.3 is 0 Å². The second-order valence-corrected chi connectivity index (χ2v) is 5.83. The SMILES string of the molecule is COc1cc2[nH]c(=S)n(C3CCCCC3O)c2cc1OC. The summed E-state index contributed by atoms with van der Waals surface area (Å²) in [7, 11) is 3.23. The Bertz CT molecular complexity index is 707. The molecule has 0 bridgehead atoms. The van der Waals surface area contributed by atoms with Gasteiger partial charge < -0.3 is 24.1 Å². The van der Waals surface area contributed by atoms with Crippen LogP contribution in [0.2, 0.25) is 0 Å². The minimum atomic E-state index is -0.349. The van der Waals surface area contributed by atoms with Crippen molar-refractivity contribution in [3.63, 3.8) is 0 Å². The number of imidazole rings is 1. The van der Waals surface area contributed by atoms with Crippen LogP contribution in [0.4, 0.5) is 0 Å². The van der Waals surface area contributed by atoms with Gasteiger partial charge in [0.1, 0.15) is 0 Å². The van der Waals surface area contributed by atoms with Crippen LogP contribution in [0.15, 0.2) is 12.1 Å². The van der Waals surface area contributed by atoms with Crippen molar-refractivity contribution >= 4 is 23.3 Å². The Morgan fingerprint density at radius 2 is 1.86 bits per heavy atom. The normalized spacial score (nSPS) is 22.4. The van der Waals surface area contributed by atoms with Gasteiger partial charge in [-0.15, -0.1) is 0 Å². The molecular formula is C15H20N2O3S. The third kappa shape index (κ3) is 2.42. The maximum absolute atomic E-state index is 10.3. The molecule has 2 atom stereocenters. The van der Waals surface area contributed by atoms with Crippen molar-refractivity contribution in [2.24, 2.45) is 0 Å². The van der Waals surface area contributed by atoms with Crippen LogP contribution in [0, 0.1) is 4.77 Å². The van der Waals surface area contributed by atoms with E-state index in [2.05, 4.69) is 4.98 Å². The molecule has 2 unspecified atom stereocenters. The number of nitrogens with one attached hydrogen (secondary N) is 1. The zero-order valence-corrected chi connectivity index (χ0v) is 13.1. The Hall–Kier alpha value is -1.53. The van der Waals surface area contributed by atoms with Crippen molar-refractivity contribution in [2.45, 2.75) is 37.8 Å². The van der Waals surface area contributed by atoms with E-state index < -0.39 is 0 Å². The summed E-state index contributed by atoms with van der Waals surface area (Å²) in [5.74, 6) is 1.33. The third-order valence-electron chi connectivity index (χ3n) is 4.25. The van der Waals surface area contributed by atoms with Gasteiger partial charge in [0.05, 0.1) is 37.4 Å². The topological polar surface area (TPSA) is 59.4 Å². The van der Waals surface area contributed by atoms with Gasteiger partial charge in [-0.05, 0) is 25.1 Å². The Morgan fingerprint density at radius 3 is 2.52 bits per heavy atom. The predicted molar refractivity (Wildman–Crippen MR) is 83.7 cm³/mol. The van der Waals surface area contributed by atoms with Crippen molar-refractivity contribution in [2.75, 3.05) is 14.2 Å². The van der Waals surface area contributed by atoms with Gasteiger partial charge in [0.25, 0.3) is 0 Å². The van der Waals surface area contributed by atoms with E-state index in [1.807, 2.05) is 16.7 Å². The molecule has 1 aromatic heterocycles. The number of methoxy groups -OCH3 is 2. The second-order valence-electron chi connectivity index (χ2n) is 5.44. The molecule has 0 amide bonds. The quantitative estimate of drug-likeness (QED) is 0.855. The van der Waals surface area contributed by atoms with Crippen LogP contribution in [0.1, 0.15) is 31.7 Å². The van der Waals surface area contributed by atoms with Crippen LogP contribution < -0.4 is 9.47 Å². The van der Waals surface area contributed by atoms with Gasteiger partial charge in [-0.1, -0.05) is 12.8 Å². The molecule has 1 heterocycles. The van der Waals surface area contributed by atoms with Crippen molar-refractivity contribution < 1.29 is 14.6 Å². The average molecular weight is 308 g/mol. The molecule has 2 N–H and O–H groups in total. The Kier molecular flexibility index (Phi) is 3.91. The minimum Gasteiger partial charge on any atom is -0.493 e. The maximum atomic E-state index is 10.3. The highest BCUT2D eigenvalue weighted by Gasteiger charge is 2.27. The van der Waals surface area contributed by atoms with E-state index in [-0.39, 0.29) is 12.1 Å². The highest BCUT2D eigenvalue weighted by atomic mass is 32.1. The highest BCUT2D eigenvalue weighted by Crippen LogP contribution is 2.36. The number of nitrogens with zero attached hydrogens (tertiary/aromatic N) is 1. The second kappa shape index (κ2) is 5.69. The van der Waals surface area contributed by atoms with Crippen LogP contribution in [0.3, 0.4) is 0 Å². The molecule has 0 radical (unpaired) electrons. The largest absolute Gasteiger partial charge is 0.493 e. The number of benzene rings is 1. The number of H-pyrrole nitrogens is 1. The number of rotatable bonds is 3. The van der Waals surface area contributed by atoms with Crippen LogP contribution in [-0.2, 0) is 0 Å². The van der Waals surface area contributed by atoms with Crippen molar-refractivity contribution in [3.8, 4) is 11.5 Å². The first-order valence-corrected chi connectivity index (χ1v) is 7.61. The fourth-order valence-corrected chi connectivity index (χ4v) is 3.52. The number of fused-ring (bicyclic) bond motifs is 1. The summed E-state index contributed by atoms with van der Waals surface area (Å²) in [6, 6.07) is 3.83. The van der Waals surface area contributed by atoms with E-state index in [1.165, 1.54) is 0 Å². The summed E-state index contributed by atoms with van der Waals surface area (Å²) in [6.07, 6.45) is 3.61. The summed E-state index contributed by atoms with van der Waals surface area (Å²) >= 11 is 5.46. The third-order valence-corrected chi connectivity index (χ3v) is 4.55. The first-order chi connectivity index (χ1) is 10.2. The molecule has 2 aromatic rings. The van der Waals surface area contributed by atoms with Gasteiger partial charge in [-0.2, -0.15) is 0 Å². The van der Waals surface area contributed by atoms with E-state index in [0.717, 1.165) is 36.7 Å². The lowest BCUT2D eigenvalue weighted by molar-refractivity contribution is 0.0767. The van der Waals surface area contributed by atoms with Crippen LogP contribution in [0.5, 0.6) is 11.5 Å². The predicted octanol–water partition coefficient (Wildman–Crippen LogP) is 3.19. The summed E-state index contributed by atoms with van der Waals surface area (Å²) in [4.78, 5) is 3.20. The molecule has 6 heteroatoms. The van der Waals surface area contributed by atoms with E-state index >= 15 is 0 Å². The minimum absolute atomic E-state index is 0.0260. The fraction of sp³-hybridized carbons (Fsp3) is 0.533. The molecule has 0 saturated heterocycles. The molecule has 3 rings (SSSR count). The molecule has 1 aliphatic rings. The van der Waals surface area contributed by atoms with Crippen LogP contribution >= 0.6 is 12.2 Å². The number of aliphatic hydroxyl groups excluding tert-OH is 1. The van der Waals surface area contributed by atoms with E-state index in [4.69, 9.17) is 21.7 Å². The molecule has 1 aliphatic carbocycles. The number of aromatic amines is 1. The lowest BCUT2D eigenvalue weighted by atomic mass is 9.92. The standard InChI is InChI=1S/C15H20N2O3S/c1-19-13-7-9-11(8-14(13)20-2)17(15(21)16-9)10-5-3-4-6-12(10)18/h7-8,10,12,18H,3-6H2,1-2H3,(H,16,21). The Balaban J connectivity index is 2.18. The fourth-order valence-electron chi connectivity index (χ4n) is 3.17. The van der Waals surface area contributed by atoms with Crippen molar-refractivity contribution in [3.05, 3.63) is 16.9 Å². The number of aliphatic hydroxyl groups is 1. The number of hydrogen-bond acceptors (Lipinski definition) is 4. The van der Waals surface area contributed by atoms with Gasteiger partial charge in [0, 0.05) is 12.1 Å². The zero-order chi connectivity index (χ0) is 15.0. The summed E-state index contributed by atoms with van der Waals surface area (Å²) < 4.78 is 13.4. The number of hydrogen-bond donors (Lipinski definition) is 2. The highest BCUT2D eigenvalue weighted by molar-refractivity contribution is 7.71. The molecule has 5 nitrogen and oxygen atoms in total. The van der Waals surface area contributed by atoms with E-state index in [1.54, 1.807) is 14.2 Å². The molecule has 21 heavy (non-hydrogen) atoms. The van der Waals surface area contributed by atoms with Crippen molar-refractivity contribution in [1.29, 1.82) is 0 Å². The van der Waals surface area contributed by atoms with Crippen LogP contribution in [0.25, 0.3) is 11.0 Å². The summed E-state index contributed by atoms with van der Waals surface area (Å²) in [5, 5.41) is 10.3. The Labute approximate surface area is 128 Å². The molecule has 1 aromatic carbocycles. The molecule has 1 saturated carbocycles. The van der Waals surface area contributed by atoms with E-state index in [0.29, 0.717) is 16.3 Å². The summed E-state index contributed by atoms with van der Waals surface area (Å²) in [5.41, 5.74) is 1.85. The lowest BCUT2D eigenvalue weighted by Gasteiger charge is -2.29. The summed E-state index contributed by atoms with van der Waals surface area (Å²) in [6.45, 7) is 0. The first kappa shape index (κ1) is 14.4. The van der Waals surface area contributed by atoms with Crippen molar-refractivity contribution in [1.82, 2.24) is 9.55 Å². The Morgan fingerprint density at radius 1 is 1.19 bits per heavy atom. The van der Waals surface area contributed by atoms with Gasteiger partial charge in [0.2, 0.25) is 0 Å². The smallest absolute Gasteiger partial charge is 0.178 e. The lowest BCUT2D eigenvalue weighted by Crippen LogP contribution is -2.27. The molecule has 0 spiro atoms. The average Bonchev–Trinajstić information content (AvgIpc) is 2.81. The molecule has 114 valence electrons. The zero-order valence-electron chi connectivity index (χ0n) is 12.3. The van der Waals surface area contributed by atoms with Gasteiger partial charge in [0.15, 0.2) is 16.3 Å². The maximum Gasteiger partial charge on any atom is 0.178 e. The van der Waals surface area contributed by atoms with Gasteiger partial charge in [-0.3, -0.25) is 0 Å². The number of ether oxygens (including phenoxy) is 2. The van der Waals surface area contributed by atoms with Gasteiger partial charge in [-0.25, -0.2) is 0 Å². The van der Waals surface area contributed by atoms with E-state index in [9.17, 15) is 5.11 Å². The molecular weight excluding hydrogens is 288 g/mol. The number of aromatic nitrogens is 2. The monoisotopic (exact) mass is 308 g/mol. The van der Waals surface area contributed by atoms with Crippen LogP contribution in [-0.4, -0.2) is 35.0 Å².